The maximum Gasteiger partial charge on any atom is 2.00 e. The predicted octanol–water partition coefficient (Wildman–Crippen LogP) is 11.1. The number of carbonyl (C=O) groups is 4. The van der Waals surface area contributed by atoms with E-state index in [-0.39, 0.29) is 64.7 Å². The van der Waals surface area contributed by atoms with Crippen LogP contribution in [0.2, 0.25) is 0 Å². The summed E-state index contributed by atoms with van der Waals surface area (Å²) in [6.45, 7) is 4.50. The molecule has 1 atom stereocenters. The molecule has 0 fully saturated rings. The van der Waals surface area contributed by atoms with Gasteiger partial charge in [-0.1, -0.05) is 194 Å². The molecular weight excluding hydrogens is 641 g/mol. The molecule has 0 rings (SSSR count). The standard InChI is InChI=1S/C40H74O7.2Mg.4H/c1-3-5-7-9-11-13-15-17-19-21-23-25-27-29-31-33-37(42)46-39(44)35-36(41)40(45)47-38(43)34-32-30-28-26-24-22-20-18-16-14-12-10-8-6-4-2;;;;;;/h36,41H,3-35H2,1-2H3;;;;;;/q;2*+2;4*-1. The molecule has 0 spiro atoms. The quantitative estimate of drug-likeness (QED) is 0.0301. The van der Waals surface area contributed by atoms with Crippen LogP contribution in [0.1, 0.15) is 231 Å². The minimum Gasteiger partial charge on any atom is -1.00 e. The Balaban J connectivity index is -0.000000705. The molecule has 0 aliphatic carbocycles. The fraction of sp³-hybridized carbons (Fsp3) is 0.900. The van der Waals surface area contributed by atoms with Gasteiger partial charge in [0.15, 0.2) is 6.10 Å². The van der Waals surface area contributed by atoms with Crippen LogP contribution in [0.25, 0.3) is 0 Å². The fourth-order valence-corrected chi connectivity index (χ4v) is 5.97. The van der Waals surface area contributed by atoms with E-state index in [9.17, 15) is 24.3 Å². The summed E-state index contributed by atoms with van der Waals surface area (Å²) in [6, 6.07) is 0. The van der Waals surface area contributed by atoms with E-state index in [1.807, 2.05) is 0 Å². The normalized spacial score (nSPS) is 11.3. The Morgan fingerprint density at radius 3 is 0.939 bits per heavy atom. The van der Waals surface area contributed by atoms with Crippen molar-refractivity contribution in [3.63, 3.8) is 0 Å². The summed E-state index contributed by atoms with van der Waals surface area (Å²) in [5, 5.41) is 9.93. The van der Waals surface area contributed by atoms with Crippen molar-refractivity contribution in [2.24, 2.45) is 0 Å². The fourth-order valence-electron chi connectivity index (χ4n) is 5.97. The molecule has 0 aromatic rings. The molecule has 0 bridgehead atoms. The maximum atomic E-state index is 12.0. The summed E-state index contributed by atoms with van der Waals surface area (Å²) < 4.78 is 9.40. The molecule has 0 aliphatic heterocycles. The first-order valence-electron chi connectivity index (χ1n) is 20.1. The molecule has 0 aromatic heterocycles. The first-order valence-corrected chi connectivity index (χ1v) is 20.1. The van der Waals surface area contributed by atoms with Gasteiger partial charge < -0.3 is 20.3 Å². The molecule has 0 aliphatic rings. The summed E-state index contributed by atoms with van der Waals surface area (Å²) in [4.78, 5) is 47.8. The van der Waals surface area contributed by atoms with Gasteiger partial charge in [-0.25, -0.2) is 4.79 Å². The number of hydrogen-bond donors (Lipinski definition) is 1. The van der Waals surface area contributed by atoms with Crippen molar-refractivity contribution in [1.82, 2.24) is 0 Å². The van der Waals surface area contributed by atoms with E-state index in [4.69, 9.17) is 4.74 Å². The summed E-state index contributed by atoms with van der Waals surface area (Å²) in [7, 11) is 0. The predicted molar refractivity (Wildman–Crippen MR) is 208 cm³/mol. The van der Waals surface area contributed by atoms with Crippen LogP contribution >= 0.6 is 0 Å². The summed E-state index contributed by atoms with van der Waals surface area (Å²) in [5.74, 6) is -3.53. The minimum absolute atomic E-state index is 0. The number of hydrogen-bond acceptors (Lipinski definition) is 7. The average Bonchev–Trinajstić information content (AvgIpc) is 3.04. The minimum atomic E-state index is -1.83. The van der Waals surface area contributed by atoms with Crippen LogP contribution in [-0.4, -0.2) is 81.2 Å². The second-order valence-electron chi connectivity index (χ2n) is 13.8. The summed E-state index contributed by atoms with van der Waals surface area (Å²) in [5.41, 5.74) is 0. The van der Waals surface area contributed by atoms with E-state index in [1.165, 1.54) is 141 Å². The van der Waals surface area contributed by atoms with Crippen molar-refractivity contribution < 1.29 is 39.5 Å². The van der Waals surface area contributed by atoms with E-state index in [0.29, 0.717) is 12.8 Å². The van der Waals surface area contributed by atoms with Crippen molar-refractivity contribution in [3.05, 3.63) is 0 Å². The van der Waals surface area contributed by atoms with Crippen LogP contribution in [0.5, 0.6) is 0 Å². The van der Waals surface area contributed by atoms with Crippen LogP contribution in [0.4, 0.5) is 0 Å². The van der Waals surface area contributed by atoms with Gasteiger partial charge in [-0.2, -0.15) is 0 Å². The van der Waals surface area contributed by atoms with Crippen LogP contribution < -0.4 is 0 Å². The molecule has 0 aromatic carbocycles. The Kier molecular flexibility index (Phi) is 45.7. The van der Waals surface area contributed by atoms with E-state index < -0.39 is 36.4 Å². The second kappa shape index (κ2) is 42.2. The zero-order chi connectivity index (χ0) is 34.6. The summed E-state index contributed by atoms with van der Waals surface area (Å²) >= 11 is 0. The maximum absolute atomic E-state index is 12.0. The molecule has 284 valence electrons. The number of aliphatic hydroxyl groups excluding tert-OH is 1. The molecule has 0 saturated heterocycles. The zero-order valence-electron chi connectivity index (χ0n) is 36.2. The topological polar surface area (TPSA) is 107 Å². The zero-order valence-corrected chi connectivity index (χ0v) is 35.1. The van der Waals surface area contributed by atoms with E-state index >= 15 is 0 Å². The Labute approximate surface area is 339 Å². The Morgan fingerprint density at radius 1 is 0.408 bits per heavy atom. The third-order valence-corrected chi connectivity index (χ3v) is 9.04. The molecule has 0 heterocycles. The van der Waals surface area contributed by atoms with Gasteiger partial charge in [-0.3, -0.25) is 14.4 Å². The number of rotatable bonds is 35. The smallest absolute Gasteiger partial charge is 1.00 e. The van der Waals surface area contributed by atoms with Gasteiger partial charge in [0.1, 0.15) is 0 Å². The van der Waals surface area contributed by atoms with Crippen molar-refractivity contribution >= 4 is 70.0 Å². The molecule has 0 amide bonds. The Hall–Kier alpha value is -0.228. The van der Waals surface area contributed by atoms with Gasteiger partial charge in [-0.05, 0) is 12.8 Å². The largest absolute Gasteiger partial charge is 2.00 e. The molecule has 0 radical (unpaired) electrons. The average molecular weight is 720 g/mol. The number of ether oxygens (including phenoxy) is 2. The van der Waals surface area contributed by atoms with Gasteiger partial charge >= 0.3 is 70.0 Å². The van der Waals surface area contributed by atoms with Crippen molar-refractivity contribution in [2.75, 3.05) is 0 Å². The monoisotopic (exact) mass is 719 g/mol. The van der Waals surface area contributed by atoms with E-state index in [0.717, 1.165) is 38.5 Å². The Bertz CT molecular complexity index is 783. The number of esters is 4. The summed E-state index contributed by atoms with van der Waals surface area (Å²) in [6.07, 6.45) is 34.4. The first-order chi connectivity index (χ1) is 22.9. The van der Waals surface area contributed by atoms with Gasteiger partial charge in [-0.15, -0.1) is 0 Å². The molecule has 0 saturated carbocycles. The third kappa shape index (κ3) is 40.4. The van der Waals surface area contributed by atoms with Crippen LogP contribution in [-0.2, 0) is 28.7 Å². The van der Waals surface area contributed by atoms with E-state index in [1.54, 1.807) is 0 Å². The van der Waals surface area contributed by atoms with Crippen molar-refractivity contribution in [1.29, 1.82) is 0 Å². The molecular formula is C40H78Mg2O7. The molecule has 7 nitrogen and oxygen atoms in total. The van der Waals surface area contributed by atoms with E-state index in [2.05, 4.69) is 18.6 Å². The first kappa shape index (κ1) is 53.1. The van der Waals surface area contributed by atoms with Gasteiger partial charge in [0, 0.05) is 12.8 Å². The second-order valence-corrected chi connectivity index (χ2v) is 13.8. The number of carbonyl (C=O) groups excluding carboxylic acids is 4. The van der Waals surface area contributed by atoms with Crippen LogP contribution in [0.3, 0.4) is 0 Å². The third-order valence-electron chi connectivity index (χ3n) is 9.04. The van der Waals surface area contributed by atoms with Crippen molar-refractivity contribution in [3.8, 4) is 0 Å². The SMILES string of the molecule is CCCCCCCCCCCCCCCCCC(=O)OC(=O)CC(O)C(=O)OC(=O)CCCCCCCCCCCCCCCCC.[H-].[H-].[H-].[H-].[Mg+2].[Mg+2]. The molecule has 9 heteroatoms. The molecule has 49 heavy (non-hydrogen) atoms. The number of unbranched alkanes of at least 4 members (excludes halogenated alkanes) is 28. The van der Waals surface area contributed by atoms with Gasteiger partial charge in [0.05, 0.1) is 6.42 Å². The molecule has 1 unspecified atom stereocenters. The van der Waals surface area contributed by atoms with Gasteiger partial charge in [0.25, 0.3) is 0 Å². The van der Waals surface area contributed by atoms with Crippen molar-refractivity contribution in [2.45, 2.75) is 232 Å². The number of aliphatic hydroxyl groups is 1. The molecule has 1 N–H and O–H groups in total. The van der Waals surface area contributed by atoms with Crippen LogP contribution in [0, 0.1) is 0 Å². The van der Waals surface area contributed by atoms with Gasteiger partial charge in [0.2, 0.25) is 0 Å². The van der Waals surface area contributed by atoms with Crippen LogP contribution in [0.15, 0.2) is 0 Å². The Morgan fingerprint density at radius 2 is 0.653 bits per heavy atom.